The summed E-state index contributed by atoms with van der Waals surface area (Å²) in [4.78, 5) is 12.0. The average Bonchev–Trinajstić information content (AvgIpc) is 0.933. The third-order valence-corrected chi connectivity index (χ3v) is 19.1. The van der Waals surface area contributed by atoms with Crippen LogP contribution < -0.4 is 0 Å². The normalized spacial score (nSPS) is 26.2. The van der Waals surface area contributed by atoms with Crippen molar-refractivity contribution in [1.29, 1.82) is 0 Å². The molecule has 3 aromatic carbocycles. The number of hydrogen-bond donors (Lipinski definition) is 0. The smallest absolute Gasteiger partial charge is 0.250 e. The van der Waals surface area contributed by atoms with Crippen molar-refractivity contribution >= 4 is 0 Å². The summed E-state index contributed by atoms with van der Waals surface area (Å²) in [6.07, 6.45) is 22.9. The Labute approximate surface area is 582 Å². The fourth-order valence-corrected chi connectivity index (χ4v) is 11.2. The Morgan fingerprint density at radius 3 is 1.24 bits per heavy atom. The van der Waals surface area contributed by atoms with E-state index in [1.165, 1.54) is 99.6 Å². The molecule has 0 amide bonds. The van der Waals surface area contributed by atoms with Crippen LogP contribution in [0.2, 0.25) is 0 Å². The lowest BCUT2D eigenvalue weighted by molar-refractivity contribution is -0.187. The number of alkyl halides is 3. The van der Waals surface area contributed by atoms with Crippen LogP contribution in [0.25, 0.3) is 0 Å². The van der Waals surface area contributed by atoms with Crippen LogP contribution in [0.1, 0.15) is 250 Å². The molecule has 4 saturated carbocycles. The molecule has 3 heterocycles. The number of ether oxygens (including phenoxy) is 2. The number of benzene rings is 3. The number of aryl methyl sites for hydroxylation is 9. The highest BCUT2D eigenvalue weighted by molar-refractivity contribution is 5.24. The number of aromatic nitrogens is 3. The first-order valence-electron chi connectivity index (χ1n) is 36.3. The quantitative estimate of drug-likeness (QED) is 0.145. The molecule has 5 nitrogen and oxygen atoms in total. The Balaban J connectivity index is 0.00000104. The fourth-order valence-electron chi connectivity index (χ4n) is 11.2. The SMILES string of the molecule is CC1=C(F)CC(C)CC1.CC1CCC(C)CC1.CC1CC[C@@H](C)C(C)C1.CC1CC[C@@H](C)C(F)(F)C1.CC1CC[C@@H](C)C(F)C1.CC1COC(C)OC1.Cc1cc(F)c(C)c(F)c1.Cc1ccc(C)c(F)c1.Cc1ccc(C)cc1.Cc1ccc(C)nc1.Cc1cnc(C)nc1.[HH]. The highest BCUT2D eigenvalue weighted by Crippen LogP contribution is 2.41. The Morgan fingerprint density at radius 2 is 0.865 bits per heavy atom. The van der Waals surface area contributed by atoms with Gasteiger partial charge in [-0.15, -0.1) is 0 Å². The Bertz CT molecular complexity index is 2600. The first-order chi connectivity index (χ1) is 44.9. The Morgan fingerprint density at radius 1 is 0.417 bits per heavy atom. The fraction of sp³-hybridized carbons (Fsp3) is 0.655. The molecule has 96 heavy (non-hydrogen) atoms. The third-order valence-electron chi connectivity index (χ3n) is 19.1. The van der Waals surface area contributed by atoms with E-state index in [1.54, 1.807) is 26.8 Å². The minimum absolute atomic E-state index is 0. The van der Waals surface area contributed by atoms with Crippen LogP contribution >= 0.6 is 0 Å². The molecule has 5 fully saturated rings. The first-order valence-corrected chi connectivity index (χ1v) is 36.3. The van der Waals surface area contributed by atoms with Gasteiger partial charge in [-0.25, -0.2) is 40.7 Å². The van der Waals surface area contributed by atoms with E-state index in [0.717, 1.165) is 96.7 Å². The monoisotopic (exact) mass is 1350 g/mol. The summed E-state index contributed by atoms with van der Waals surface area (Å²) in [5.41, 5.74) is 9.41. The van der Waals surface area contributed by atoms with E-state index >= 15 is 0 Å². The lowest BCUT2D eigenvalue weighted by atomic mass is 9.77. The van der Waals surface area contributed by atoms with Crippen molar-refractivity contribution in [2.75, 3.05) is 13.2 Å². The number of allylic oxidation sites excluding steroid dienone is 2. The van der Waals surface area contributed by atoms with Gasteiger partial charge in [0.2, 0.25) is 0 Å². The molecule has 6 aliphatic rings. The van der Waals surface area contributed by atoms with Crippen molar-refractivity contribution in [3.63, 3.8) is 0 Å². The van der Waals surface area contributed by atoms with E-state index in [9.17, 15) is 30.7 Å². The van der Waals surface area contributed by atoms with Crippen LogP contribution in [0, 0.1) is 152 Å². The van der Waals surface area contributed by atoms with Gasteiger partial charge in [0.15, 0.2) is 6.29 Å². The molecule has 5 aliphatic carbocycles. The van der Waals surface area contributed by atoms with E-state index in [0.29, 0.717) is 47.6 Å². The number of halogens is 7. The molecule has 0 bridgehead atoms. The van der Waals surface area contributed by atoms with Crippen LogP contribution in [0.4, 0.5) is 30.7 Å². The summed E-state index contributed by atoms with van der Waals surface area (Å²) in [5, 5.41) is 0. The van der Waals surface area contributed by atoms with Crippen molar-refractivity contribution in [1.82, 2.24) is 15.0 Å². The molecule has 0 N–H and O–H groups in total. The van der Waals surface area contributed by atoms with E-state index in [1.807, 2.05) is 93.0 Å². The average molecular weight is 1350 g/mol. The zero-order valence-corrected chi connectivity index (χ0v) is 64.1. The zero-order valence-electron chi connectivity index (χ0n) is 64.1. The largest absolute Gasteiger partial charge is 0.353 e. The molecule has 9 atom stereocenters. The van der Waals surface area contributed by atoms with Gasteiger partial charge in [-0.1, -0.05) is 181 Å². The van der Waals surface area contributed by atoms with Crippen molar-refractivity contribution < 1.29 is 41.6 Å². The summed E-state index contributed by atoms with van der Waals surface area (Å²) in [5.74, 6) is 4.41. The van der Waals surface area contributed by atoms with Gasteiger partial charge in [-0.2, -0.15) is 0 Å². The molecule has 546 valence electrons. The number of hydrogen-bond acceptors (Lipinski definition) is 5. The topological polar surface area (TPSA) is 57.1 Å². The summed E-state index contributed by atoms with van der Waals surface area (Å²) in [6.45, 7) is 48.1. The molecule has 1 saturated heterocycles. The van der Waals surface area contributed by atoms with Gasteiger partial charge in [0, 0.05) is 56.0 Å². The van der Waals surface area contributed by atoms with Crippen molar-refractivity contribution in [2.24, 2.45) is 65.1 Å². The van der Waals surface area contributed by atoms with Crippen LogP contribution in [-0.2, 0) is 9.47 Å². The summed E-state index contributed by atoms with van der Waals surface area (Å²) >= 11 is 0. The number of nitrogens with zero attached hydrogens (tertiary/aromatic N) is 3. The second kappa shape index (κ2) is 47.9. The van der Waals surface area contributed by atoms with Gasteiger partial charge in [-0.05, 0) is 233 Å². The Hall–Kier alpha value is -4.94. The van der Waals surface area contributed by atoms with Crippen molar-refractivity contribution in [3.05, 3.63) is 170 Å². The summed E-state index contributed by atoms with van der Waals surface area (Å²) in [6, 6.07) is 20.4. The second-order valence-corrected chi connectivity index (χ2v) is 30.1. The van der Waals surface area contributed by atoms with E-state index < -0.39 is 29.6 Å². The maximum atomic E-state index is 12.8. The van der Waals surface area contributed by atoms with E-state index in [-0.39, 0.29) is 37.3 Å². The van der Waals surface area contributed by atoms with Crippen LogP contribution in [0.15, 0.2) is 96.7 Å². The lowest BCUT2D eigenvalue weighted by Crippen LogP contribution is -2.32. The predicted octanol–water partition coefficient (Wildman–Crippen LogP) is 26.2. The summed E-state index contributed by atoms with van der Waals surface area (Å²) in [7, 11) is 0. The van der Waals surface area contributed by atoms with Crippen LogP contribution in [0.3, 0.4) is 0 Å². The maximum absolute atomic E-state index is 12.8. The molecule has 2 aromatic heterocycles. The van der Waals surface area contributed by atoms with E-state index in [4.69, 9.17) is 9.47 Å². The maximum Gasteiger partial charge on any atom is 0.250 e. The zero-order chi connectivity index (χ0) is 72.8. The van der Waals surface area contributed by atoms with Gasteiger partial charge in [0.1, 0.15) is 29.4 Å². The predicted molar refractivity (Wildman–Crippen MR) is 395 cm³/mol. The van der Waals surface area contributed by atoms with Crippen molar-refractivity contribution in [2.45, 2.75) is 280 Å². The molecule has 0 radical (unpaired) electrons. The Kier molecular flexibility index (Phi) is 44.5. The molecule has 11 rings (SSSR count). The van der Waals surface area contributed by atoms with Crippen LogP contribution in [-0.4, -0.2) is 46.5 Å². The third kappa shape index (κ3) is 41.5. The standard InChI is InChI=1S/C9H18.C8H8F2.C8H14F2.C8H15F.C8H13F.C8H9F.C8H16.C8H10.C7H9N.C6H8N2.C6H12O2.H2/c1-7-4-5-8(2)9(3)6-7;1-5-3-7(9)6(2)8(10)4-5;1-6-3-4-7(2)8(9,10)5-6;3*1-6-3-4-7(2)8(9)5-6;2*1-7-3-5-8(2)6-4-7;1-6-3-4-7(2)8-5-6;2*1-5-3-7-6(2)8-4-5;/h7-9H,4-6H2,1-3H3;3-4H,1-2H3;6-7H,3-5H2,1-2H3;6-8H,3-5H2,1-2H3;6H,3-5H2,1-2H3;3-5H,1-2H3;7-8H,3-6H2,1-2H3;3-6H,1-2H3;3-5H,1-2H3;3-4H,1-2H3;5-6H,3-4H2,1-2H3;1H/t7?,8-,9?;;6?,7-;6?,7-,8?;;;;;;;;/m1.11......../s1. The van der Waals surface area contributed by atoms with Gasteiger partial charge >= 0.3 is 0 Å². The van der Waals surface area contributed by atoms with Gasteiger partial charge in [0.25, 0.3) is 5.92 Å². The van der Waals surface area contributed by atoms with E-state index in [2.05, 4.69) is 115 Å². The van der Waals surface area contributed by atoms with Crippen LogP contribution in [0.5, 0.6) is 0 Å². The molecule has 6 unspecified atom stereocenters. The highest BCUT2D eigenvalue weighted by atomic mass is 19.3. The molecule has 12 heteroatoms. The van der Waals surface area contributed by atoms with Gasteiger partial charge < -0.3 is 9.47 Å². The minimum atomic E-state index is -2.39. The van der Waals surface area contributed by atoms with Gasteiger partial charge in [-0.3, -0.25) is 4.98 Å². The second-order valence-electron chi connectivity index (χ2n) is 30.1. The molecule has 0 spiro atoms. The minimum Gasteiger partial charge on any atom is -0.353 e. The lowest BCUT2D eigenvalue weighted by Gasteiger charge is -2.32. The highest BCUT2D eigenvalue weighted by Gasteiger charge is 2.41. The molecule has 1 aliphatic heterocycles. The molecular formula is C84H134F7N3O2. The first kappa shape index (κ1) is 89.1. The number of pyridine rings is 1. The van der Waals surface area contributed by atoms with Gasteiger partial charge in [0.05, 0.1) is 19.0 Å². The number of rotatable bonds is 0. The summed E-state index contributed by atoms with van der Waals surface area (Å²) < 4.78 is 99.3. The molecular weight excluding hydrogens is 1220 g/mol. The molecule has 5 aromatic rings. The van der Waals surface area contributed by atoms with Crippen molar-refractivity contribution in [3.8, 4) is 0 Å².